The number of hydrogen-bond donors (Lipinski definition) is 1. The SMILES string of the molecule is C[C@H]1C[C@H](C)CC(O)(c2ccccc2)C1. The molecule has 0 bridgehead atoms. The van der Waals surface area contributed by atoms with E-state index >= 15 is 0 Å². The molecule has 0 unspecified atom stereocenters. The third kappa shape index (κ3) is 2.23. The van der Waals surface area contributed by atoms with Gasteiger partial charge in [-0.1, -0.05) is 44.2 Å². The minimum absolute atomic E-state index is 0.585. The fourth-order valence-electron chi connectivity index (χ4n) is 3.07. The molecule has 1 heteroatoms. The monoisotopic (exact) mass is 204 g/mol. The van der Waals surface area contributed by atoms with E-state index < -0.39 is 5.60 Å². The Labute approximate surface area is 92.1 Å². The third-order valence-electron chi connectivity index (χ3n) is 3.49. The molecule has 0 heterocycles. The van der Waals surface area contributed by atoms with Crippen LogP contribution in [0.3, 0.4) is 0 Å². The van der Waals surface area contributed by atoms with Gasteiger partial charge in [-0.15, -0.1) is 0 Å². The highest BCUT2D eigenvalue weighted by Gasteiger charge is 2.37. The summed E-state index contributed by atoms with van der Waals surface area (Å²) in [6, 6.07) is 10.1. The van der Waals surface area contributed by atoms with Gasteiger partial charge in [0, 0.05) is 0 Å². The van der Waals surface area contributed by atoms with Crippen LogP contribution >= 0.6 is 0 Å². The van der Waals surface area contributed by atoms with Gasteiger partial charge < -0.3 is 5.11 Å². The fraction of sp³-hybridized carbons (Fsp3) is 0.571. The lowest BCUT2D eigenvalue weighted by molar-refractivity contribution is -0.0362. The first kappa shape index (κ1) is 10.7. The standard InChI is InChI=1S/C14H20O/c1-11-8-12(2)10-14(15,9-11)13-6-4-3-5-7-13/h3-7,11-12,15H,8-10H2,1-2H3/t11-,12-/m0/s1. The van der Waals surface area contributed by atoms with Gasteiger partial charge in [0.1, 0.15) is 0 Å². The van der Waals surface area contributed by atoms with Gasteiger partial charge in [-0.05, 0) is 36.7 Å². The predicted molar refractivity (Wildman–Crippen MR) is 62.5 cm³/mol. The van der Waals surface area contributed by atoms with Crippen LogP contribution in [0.2, 0.25) is 0 Å². The van der Waals surface area contributed by atoms with E-state index in [1.807, 2.05) is 30.3 Å². The second-order valence-electron chi connectivity index (χ2n) is 5.25. The molecule has 0 saturated heterocycles. The molecular weight excluding hydrogens is 184 g/mol. The molecule has 0 aliphatic heterocycles. The van der Waals surface area contributed by atoms with Gasteiger partial charge in [0.15, 0.2) is 0 Å². The molecule has 1 nitrogen and oxygen atoms in total. The molecule has 1 fully saturated rings. The van der Waals surface area contributed by atoms with Crippen LogP contribution in [0.5, 0.6) is 0 Å². The average molecular weight is 204 g/mol. The summed E-state index contributed by atoms with van der Waals surface area (Å²) in [5.41, 5.74) is 0.502. The summed E-state index contributed by atoms with van der Waals surface area (Å²) in [7, 11) is 0. The zero-order valence-electron chi connectivity index (χ0n) is 9.61. The molecule has 15 heavy (non-hydrogen) atoms. The van der Waals surface area contributed by atoms with Crippen LogP contribution in [0, 0.1) is 11.8 Å². The van der Waals surface area contributed by atoms with Crippen molar-refractivity contribution in [2.45, 2.75) is 38.7 Å². The van der Waals surface area contributed by atoms with Crippen molar-refractivity contribution in [2.75, 3.05) is 0 Å². The van der Waals surface area contributed by atoms with Gasteiger partial charge in [-0.2, -0.15) is 0 Å². The van der Waals surface area contributed by atoms with Crippen LogP contribution in [-0.4, -0.2) is 5.11 Å². The molecule has 1 aromatic rings. The maximum atomic E-state index is 10.7. The zero-order chi connectivity index (χ0) is 10.9. The van der Waals surface area contributed by atoms with E-state index in [4.69, 9.17) is 0 Å². The lowest BCUT2D eigenvalue weighted by Gasteiger charge is -2.39. The number of benzene rings is 1. The van der Waals surface area contributed by atoms with Crippen LogP contribution in [0.1, 0.15) is 38.7 Å². The Bertz CT molecular complexity index is 307. The van der Waals surface area contributed by atoms with Crippen LogP contribution in [0.15, 0.2) is 30.3 Å². The first-order valence-electron chi connectivity index (χ1n) is 5.88. The Morgan fingerprint density at radius 3 is 2.13 bits per heavy atom. The van der Waals surface area contributed by atoms with E-state index in [9.17, 15) is 5.11 Å². The summed E-state index contributed by atoms with van der Waals surface area (Å²) in [5, 5.41) is 10.7. The molecule has 2 atom stereocenters. The van der Waals surface area contributed by atoms with Gasteiger partial charge in [0.25, 0.3) is 0 Å². The van der Waals surface area contributed by atoms with Gasteiger partial charge in [-0.3, -0.25) is 0 Å². The van der Waals surface area contributed by atoms with E-state index in [2.05, 4.69) is 13.8 Å². The van der Waals surface area contributed by atoms with Crippen molar-refractivity contribution in [1.29, 1.82) is 0 Å². The van der Waals surface area contributed by atoms with E-state index in [0.29, 0.717) is 11.8 Å². The van der Waals surface area contributed by atoms with Gasteiger partial charge in [-0.25, -0.2) is 0 Å². The zero-order valence-corrected chi connectivity index (χ0v) is 9.61. The quantitative estimate of drug-likeness (QED) is 0.744. The fourth-order valence-corrected chi connectivity index (χ4v) is 3.07. The lowest BCUT2D eigenvalue weighted by atomic mass is 9.71. The molecule has 1 saturated carbocycles. The first-order valence-corrected chi connectivity index (χ1v) is 5.88. The second-order valence-corrected chi connectivity index (χ2v) is 5.25. The topological polar surface area (TPSA) is 20.2 Å². The van der Waals surface area contributed by atoms with Gasteiger partial charge in [0.2, 0.25) is 0 Å². The lowest BCUT2D eigenvalue weighted by Crippen LogP contribution is -2.35. The van der Waals surface area contributed by atoms with Crippen LogP contribution in [-0.2, 0) is 5.60 Å². The van der Waals surface area contributed by atoms with Crippen molar-refractivity contribution < 1.29 is 5.11 Å². The summed E-state index contributed by atoms with van der Waals surface area (Å²) in [5.74, 6) is 1.25. The van der Waals surface area contributed by atoms with Crippen molar-refractivity contribution >= 4 is 0 Å². The molecule has 1 aliphatic carbocycles. The number of rotatable bonds is 1. The summed E-state index contributed by atoms with van der Waals surface area (Å²) in [4.78, 5) is 0. The average Bonchev–Trinajstić information content (AvgIpc) is 2.17. The molecule has 0 aromatic heterocycles. The number of hydrogen-bond acceptors (Lipinski definition) is 1. The Morgan fingerprint density at radius 1 is 1.07 bits per heavy atom. The van der Waals surface area contributed by atoms with Crippen molar-refractivity contribution in [2.24, 2.45) is 11.8 Å². The molecular formula is C14H20O. The molecule has 82 valence electrons. The van der Waals surface area contributed by atoms with Crippen molar-refractivity contribution in [3.63, 3.8) is 0 Å². The Balaban J connectivity index is 2.26. The highest BCUT2D eigenvalue weighted by Crippen LogP contribution is 2.42. The normalized spacial score (nSPS) is 36.5. The highest BCUT2D eigenvalue weighted by molar-refractivity contribution is 5.23. The molecule has 1 N–H and O–H groups in total. The first-order chi connectivity index (χ1) is 7.10. The van der Waals surface area contributed by atoms with E-state index in [1.54, 1.807) is 0 Å². The summed E-state index contributed by atoms with van der Waals surface area (Å²) in [6.45, 7) is 4.48. The van der Waals surface area contributed by atoms with Crippen LogP contribution in [0.4, 0.5) is 0 Å². The Kier molecular flexibility index (Phi) is 2.83. The smallest absolute Gasteiger partial charge is 0.0901 e. The predicted octanol–water partition coefficient (Wildman–Crippen LogP) is 3.33. The minimum atomic E-state index is -0.585. The Morgan fingerprint density at radius 2 is 1.60 bits per heavy atom. The van der Waals surface area contributed by atoms with E-state index in [1.165, 1.54) is 6.42 Å². The van der Waals surface area contributed by atoms with Crippen molar-refractivity contribution in [1.82, 2.24) is 0 Å². The van der Waals surface area contributed by atoms with Gasteiger partial charge >= 0.3 is 0 Å². The van der Waals surface area contributed by atoms with E-state index in [-0.39, 0.29) is 0 Å². The third-order valence-corrected chi connectivity index (χ3v) is 3.49. The van der Waals surface area contributed by atoms with E-state index in [0.717, 1.165) is 18.4 Å². The second kappa shape index (κ2) is 3.97. The molecule has 1 aromatic carbocycles. The molecule has 0 amide bonds. The maximum absolute atomic E-state index is 10.7. The van der Waals surface area contributed by atoms with Crippen LogP contribution in [0.25, 0.3) is 0 Å². The van der Waals surface area contributed by atoms with Crippen molar-refractivity contribution in [3.8, 4) is 0 Å². The molecule has 0 radical (unpaired) electrons. The summed E-state index contributed by atoms with van der Waals surface area (Å²) in [6.07, 6.45) is 3.05. The molecule has 2 rings (SSSR count). The summed E-state index contributed by atoms with van der Waals surface area (Å²) >= 11 is 0. The van der Waals surface area contributed by atoms with Crippen LogP contribution < -0.4 is 0 Å². The highest BCUT2D eigenvalue weighted by atomic mass is 16.3. The molecule has 0 spiro atoms. The van der Waals surface area contributed by atoms with Gasteiger partial charge in [0.05, 0.1) is 5.60 Å². The minimum Gasteiger partial charge on any atom is -0.385 e. The molecule has 1 aliphatic rings. The number of aliphatic hydroxyl groups is 1. The van der Waals surface area contributed by atoms with Crippen molar-refractivity contribution in [3.05, 3.63) is 35.9 Å². The largest absolute Gasteiger partial charge is 0.385 e. The Hall–Kier alpha value is -0.820. The maximum Gasteiger partial charge on any atom is 0.0901 e. The summed E-state index contributed by atoms with van der Waals surface area (Å²) < 4.78 is 0.